The lowest BCUT2D eigenvalue weighted by Crippen LogP contribution is -2.39. The number of ether oxygens (including phenoxy) is 1. The minimum absolute atomic E-state index is 0. The van der Waals surface area contributed by atoms with Gasteiger partial charge in [0.25, 0.3) is 0 Å². The lowest BCUT2D eigenvalue weighted by Gasteiger charge is -2.32. The summed E-state index contributed by atoms with van der Waals surface area (Å²) in [4.78, 5) is 14.6. The van der Waals surface area contributed by atoms with Crippen molar-refractivity contribution in [3.05, 3.63) is 46.8 Å². The summed E-state index contributed by atoms with van der Waals surface area (Å²) in [5.41, 5.74) is 2.86. The Morgan fingerprint density at radius 3 is 2.52 bits per heavy atom. The highest BCUT2D eigenvalue weighted by atomic mass is 35.5. The van der Waals surface area contributed by atoms with Gasteiger partial charge in [-0.1, -0.05) is 17.3 Å². The van der Waals surface area contributed by atoms with Gasteiger partial charge in [0, 0.05) is 13.1 Å². The average molecular weight is 422 g/mol. The molecule has 1 saturated heterocycles. The summed E-state index contributed by atoms with van der Waals surface area (Å²) in [5, 5.41) is 7.15. The molecular formula is C22H32ClN3O3. The molecule has 1 N–H and O–H groups in total. The van der Waals surface area contributed by atoms with Gasteiger partial charge in [-0.3, -0.25) is 4.79 Å². The van der Waals surface area contributed by atoms with Crippen LogP contribution in [0.25, 0.3) is 0 Å². The van der Waals surface area contributed by atoms with Crippen molar-refractivity contribution in [3.8, 4) is 5.75 Å². The van der Waals surface area contributed by atoms with E-state index >= 15 is 0 Å². The molecule has 160 valence electrons. The molecule has 0 saturated carbocycles. The Labute approximate surface area is 179 Å². The molecule has 2 heterocycles. The molecule has 1 aromatic carbocycles. The molecular weight excluding hydrogens is 390 g/mol. The molecule has 0 atom stereocenters. The van der Waals surface area contributed by atoms with Crippen molar-refractivity contribution in [2.45, 2.75) is 46.1 Å². The lowest BCUT2D eigenvalue weighted by atomic mass is 9.93. The van der Waals surface area contributed by atoms with Gasteiger partial charge in [0.05, 0.1) is 17.7 Å². The highest BCUT2D eigenvalue weighted by Gasteiger charge is 2.22. The number of aromatic nitrogens is 1. The summed E-state index contributed by atoms with van der Waals surface area (Å²) in [7, 11) is 1.99. The third-order valence-corrected chi connectivity index (χ3v) is 5.61. The van der Waals surface area contributed by atoms with Gasteiger partial charge in [0.15, 0.2) is 0 Å². The predicted octanol–water partition coefficient (Wildman–Crippen LogP) is 3.68. The highest BCUT2D eigenvalue weighted by Crippen LogP contribution is 2.22. The van der Waals surface area contributed by atoms with Gasteiger partial charge in [-0.05, 0) is 70.3 Å². The largest absolute Gasteiger partial charge is 0.489 e. The molecule has 6 nitrogen and oxygen atoms in total. The standard InChI is InChI=1S/C22H31N3O3.ClH/c1-16-21(17(2)28-24-16)15-27-20-6-4-19(5-7-20)14-22(26)25-12-9-18(10-13-25)8-11-23-3;/h4-7,18,23H,8-15H2,1-3H3;1H. The first-order chi connectivity index (χ1) is 13.6. The first-order valence-electron chi connectivity index (χ1n) is 10.1. The number of halogens is 1. The smallest absolute Gasteiger partial charge is 0.226 e. The van der Waals surface area contributed by atoms with Crippen LogP contribution in [0.4, 0.5) is 0 Å². The van der Waals surface area contributed by atoms with Gasteiger partial charge in [-0.25, -0.2) is 0 Å². The van der Waals surface area contributed by atoms with Crippen molar-refractivity contribution in [1.82, 2.24) is 15.4 Å². The van der Waals surface area contributed by atoms with Crippen LogP contribution in [0.5, 0.6) is 5.75 Å². The number of aryl methyl sites for hydroxylation is 2. The summed E-state index contributed by atoms with van der Waals surface area (Å²) in [6.07, 6.45) is 3.88. The van der Waals surface area contributed by atoms with Gasteiger partial charge >= 0.3 is 0 Å². The Hall–Kier alpha value is -2.05. The Bertz CT molecular complexity index is 749. The molecule has 1 aromatic heterocycles. The molecule has 1 fully saturated rings. The number of likely N-dealkylation sites (tertiary alicyclic amines) is 1. The first kappa shape index (κ1) is 23.2. The van der Waals surface area contributed by atoms with E-state index in [-0.39, 0.29) is 18.3 Å². The molecule has 0 bridgehead atoms. The zero-order valence-corrected chi connectivity index (χ0v) is 18.4. The normalized spacial score (nSPS) is 14.5. The van der Waals surface area contributed by atoms with E-state index in [2.05, 4.69) is 10.5 Å². The molecule has 0 radical (unpaired) electrons. The maximum absolute atomic E-state index is 12.6. The maximum atomic E-state index is 12.6. The number of benzene rings is 1. The van der Waals surface area contributed by atoms with Crippen molar-refractivity contribution in [3.63, 3.8) is 0 Å². The van der Waals surface area contributed by atoms with Crippen molar-refractivity contribution in [2.75, 3.05) is 26.7 Å². The maximum Gasteiger partial charge on any atom is 0.226 e. The summed E-state index contributed by atoms with van der Waals surface area (Å²) in [5.74, 6) is 2.53. The second-order valence-electron chi connectivity index (χ2n) is 7.63. The zero-order chi connectivity index (χ0) is 19.9. The second kappa shape index (κ2) is 11.2. The van der Waals surface area contributed by atoms with Gasteiger partial charge in [0.2, 0.25) is 5.91 Å². The molecule has 1 aliphatic rings. The fraction of sp³-hybridized carbons (Fsp3) is 0.545. The average Bonchev–Trinajstić information content (AvgIpc) is 3.04. The number of amides is 1. The molecule has 29 heavy (non-hydrogen) atoms. The minimum Gasteiger partial charge on any atom is -0.489 e. The molecule has 0 unspecified atom stereocenters. The minimum atomic E-state index is 0. The molecule has 1 aliphatic heterocycles. The molecule has 7 heteroatoms. The van der Waals surface area contributed by atoms with Crippen LogP contribution in [-0.4, -0.2) is 42.6 Å². The van der Waals surface area contributed by atoms with E-state index in [0.717, 1.165) is 66.7 Å². The Morgan fingerprint density at radius 2 is 1.93 bits per heavy atom. The fourth-order valence-corrected chi connectivity index (χ4v) is 3.67. The predicted molar refractivity (Wildman–Crippen MR) is 116 cm³/mol. The van der Waals surface area contributed by atoms with Crippen LogP contribution < -0.4 is 10.1 Å². The molecule has 3 rings (SSSR count). The second-order valence-corrected chi connectivity index (χ2v) is 7.63. The van der Waals surface area contributed by atoms with Crippen LogP contribution in [0.2, 0.25) is 0 Å². The van der Waals surface area contributed by atoms with E-state index in [1.54, 1.807) is 0 Å². The third-order valence-electron chi connectivity index (χ3n) is 5.61. The van der Waals surface area contributed by atoms with Gasteiger partial charge in [-0.2, -0.15) is 0 Å². The quantitative estimate of drug-likeness (QED) is 0.704. The number of nitrogens with zero attached hydrogens (tertiary/aromatic N) is 2. The van der Waals surface area contributed by atoms with Crippen LogP contribution in [0.3, 0.4) is 0 Å². The van der Waals surface area contributed by atoms with E-state index in [4.69, 9.17) is 9.26 Å². The number of carbonyl (C=O) groups is 1. The van der Waals surface area contributed by atoms with E-state index in [0.29, 0.717) is 13.0 Å². The number of piperidine rings is 1. The zero-order valence-electron chi connectivity index (χ0n) is 17.6. The van der Waals surface area contributed by atoms with Crippen LogP contribution in [0.15, 0.2) is 28.8 Å². The number of carbonyl (C=O) groups excluding carboxylic acids is 1. The Balaban J connectivity index is 0.00000300. The van der Waals surface area contributed by atoms with Gasteiger partial charge < -0.3 is 19.5 Å². The van der Waals surface area contributed by atoms with Crippen molar-refractivity contribution in [2.24, 2.45) is 5.92 Å². The lowest BCUT2D eigenvalue weighted by molar-refractivity contribution is -0.131. The molecule has 0 aliphatic carbocycles. The molecule has 1 amide bonds. The van der Waals surface area contributed by atoms with Gasteiger partial charge in [0.1, 0.15) is 18.1 Å². The van der Waals surface area contributed by atoms with Crippen molar-refractivity contribution in [1.29, 1.82) is 0 Å². The van der Waals surface area contributed by atoms with Crippen LogP contribution in [-0.2, 0) is 17.8 Å². The summed E-state index contributed by atoms with van der Waals surface area (Å²) < 4.78 is 11.0. The topological polar surface area (TPSA) is 67.6 Å². The van der Waals surface area contributed by atoms with E-state index in [1.165, 1.54) is 6.42 Å². The fourth-order valence-electron chi connectivity index (χ4n) is 3.67. The van der Waals surface area contributed by atoms with Crippen molar-refractivity contribution < 1.29 is 14.1 Å². The van der Waals surface area contributed by atoms with Gasteiger partial charge in [-0.15, -0.1) is 12.4 Å². The van der Waals surface area contributed by atoms with Crippen LogP contribution in [0, 0.1) is 19.8 Å². The van der Waals surface area contributed by atoms with E-state index < -0.39 is 0 Å². The number of hydrogen-bond acceptors (Lipinski definition) is 5. The number of rotatable bonds is 8. The number of hydrogen-bond donors (Lipinski definition) is 1. The number of nitrogens with one attached hydrogen (secondary N) is 1. The van der Waals surface area contributed by atoms with Crippen LogP contribution >= 0.6 is 12.4 Å². The monoisotopic (exact) mass is 421 g/mol. The Kier molecular flexibility index (Phi) is 8.99. The summed E-state index contributed by atoms with van der Waals surface area (Å²) in [6, 6.07) is 7.79. The van der Waals surface area contributed by atoms with Crippen molar-refractivity contribution >= 4 is 18.3 Å². The summed E-state index contributed by atoms with van der Waals surface area (Å²) in [6.45, 7) is 7.05. The third kappa shape index (κ3) is 6.47. The Morgan fingerprint density at radius 1 is 1.24 bits per heavy atom. The SMILES string of the molecule is CNCCC1CCN(C(=O)Cc2ccc(OCc3c(C)noc3C)cc2)CC1.Cl. The molecule has 0 spiro atoms. The van der Waals surface area contributed by atoms with Crippen LogP contribution in [0.1, 0.15) is 41.8 Å². The van der Waals surface area contributed by atoms with E-state index in [1.807, 2.05) is 50.1 Å². The highest BCUT2D eigenvalue weighted by molar-refractivity contribution is 5.85. The molecule has 2 aromatic rings. The van der Waals surface area contributed by atoms with E-state index in [9.17, 15) is 4.79 Å². The first-order valence-corrected chi connectivity index (χ1v) is 10.1. The summed E-state index contributed by atoms with van der Waals surface area (Å²) >= 11 is 0.